The third-order valence-electron chi connectivity index (χ3n) is 5.49. The van der Waals surface area contributed by atoms with Crippen LogP contribution in [0.3, 0.4) is 0 Å². The molecule has 1 aliphatic heterocycles. The first-order valence-corrected chi connectivity index (χ1v) is 9.60. The first-order chi connectivity index (χ1) is 13.5. The van der Waals surface area contributed by atoms with Crippen molar-refractivity contribution in [3.05, 3.63) is 53.1 Å². The number of hydrogen-bond donors (Lipinski definition) is 2. The van der Waals surface area contributed by atoms with Crippen LogP contribution in [0.5, 0.6) is 11.5 Å². The second-order valence-corrected chi connectivity index (χ2v) is 7.37. The second-order valence-electron chi connectivity index (χ2n) is 7.37. The highest BCUT2D eigenvalue weighted by molar-refractivity contribution is 6.13. The lowest BCUT2D eigenvalue weighted by Gasteiger charge is -2.18. The summed E-state index contributed by atoms with van der Waals surface area (Å²) in [6, 6.07) is 11.5. The molecule has 28 heavy (non-hydrogen) atoms. The van der Waals surface area contributed by atoms with Gasteiger partial charge in [0.25, 0.3) is 0 Å². The zero-order chi connectivity index (χ0) is 19.7. The van der Waals surface area contributed by atoms with Crippen molar-refractivity contribution in [1.29, 1.82) is 0 Å². The molecular weight excluding hydrogens is 356 g/mol. The van der Waals surface area contributed by atoms with Crippen LogP contribution in [0, 0.1) is 12.3 Å². The zero-order valence-corrected chi connectivity index (χ0v) is 16.1. The van der Waals surface area contributed by atoms with Crippen molar-refractivity contribution in [3.8, 4) is 11.5 Å². The van der Waals surface area contributed by atoms with Crippen LogP contribution in [-0.2, 0) is 22.6 Å². The normalized spacial score (nSPS) is 15.8. The number of para-hydroxylation sites is 1. The second kappa shape index (κ2) is 7.19. The predicted molar refractivity (Wildman–Crippen MR) is 105 cm³/mol. The summed E-state index contributed by atoms with van der Waals surface area (Å²) in [5, 5.41) is 5.92. The molecule has 1 fully saturated rings. The van der Waals surface area contributed by atoms with Crippen LogP contribution < -0.4 is 20.1 Å². The molecule has 146 valence electrons. The number of nitrogens with one attached hydrogen (secondary N) is 2. The molecule has 1 heterocycles. The number of rotatable bonds is 6. The van der Waals surface area contributed by atoms with E-state index in [-0.39, 0.29) is 18.6 Å². The van der Waals surface area contributed by atoms with Gasteiger partial charge in [-0.1, -0.05) is 31.2 Å². The lowest BCUT2D eigenvalue weighted by molar-refractivity contribution is -0.134. The summed E-state index contributed by atoms with van der Waals surface area (Å²) in [4.78, 5) is 25.7. The minimum Gasteiger partial charge on any atom is -0.454 e. The van der Waals surface area contributed by atoms with E-state index in [1.54, 1.807) is 0 Å². The van der Waals surface area contributed by atoms with Gasteiger partial charge in [-0.05, 0) is 55.0 Å². The quantitative estimate of drug-likeness (QED) is 0.754. The van der Waals surface area contributed by atoms with Crippen LogP contribution in [-0.4, -0.2) is 18.6 Å². The number of aryl methyl sites for hydroxylation is 2. The average Bonchev–Trinajstić information content (AvgIpc) is 3.39. The van der Waals surface area contributed by atoms with Gasteiger partial charge in [0.2, 0.25) is 18.6 Å². The molecule has 0 atom stereocenters. The Balaban J connectivity index is 1.42. The molecule has 2 aromatic carbocycles. The van der Waals surface area contributed by atoms with Crippen molar-refractivity contribution < 1.29 is 19.1 Å². The Morgan fingerprint density at radius 2 is 1.86 bits per heavy atom. The molecule has 2 amide bonds. The van der Waals surface area contributed by atoms with E-state index in [2.05, 4.69) is 17.6 Å². The van der Waals surface area contributed by atoms with Crippen molar-refractivity contribution in [3.63, 3.8) is 0 Å². The SMILES string of the molecule is CCc1cccc(C)c1NC(=O)C1(C(=O)NCc2ccc3c(c2)OCO3)CC1. The molecule has 0 saturated heterocycles. The fourth-order valence-electron chi connectivity index (χ4n) is 3.52. The van der Waals surface area contributed by atoms with Gasteiger partial charge in [-0.3, -0.25) is 9.59 Å². The Kier molecular flexibility index (Phi) is 4.71. The van der Waals surface area contributed by atoms with E-state index >= 15 is 0 Å². The lowest BCUT2D eigenvalue weighted by Crippen LogP contribution is -2.39. The van der Waals surface area contributed by atoms with E-state index in [1.165, 1.54) is 0 Å². The van der Waals surface area contributed by atoms with Gasteiger partial charge < -0.3 is 20.1 Å². The predicted octanol–water partition coefficient (Wildman–Crippen LogP) is 3.32. The molecule has 1 saturated carbocycles. The number of amides is 2. The number of ether oxygens (including phenoxy) is 2. The van der Waals surface area contributed by atoms with Gasteiger partial charge in [0.15, 0.2) is 11.5 Å². The van der Waals surface area contributed by atoms with Gasteiger partial charge in [-0.2, -0.15) is 0 Å². The summed E-state index contributed by atoms with van der Waals surface area (Å²) < 4.78 is 10.7. The zero-order valence-electron chi connectivity index (χ0n) is 16.1. The van der Waals surface area contributed by atoms with Crippen molar-refractivity contribution in [2.24, 2.45) is 5.41 Å². The number of anilines is 1. The molecule has 2 aliphatic rings. The Hall–Kier alpha value is -3.02. The smallest absolute Gasteiger partial charge is 0.240 e. The summed E-state index contributed by atoms with van der Waals surface area (Å²) in [5.41, 5.74) is 2.84. The van der Waals surface area contributed by atoms with E-state index in [4.69, 9.17) is 9.47 Å². The average molecular weight is 380 g/mol. The van der Waals surface area contributed by atoms with Crippen LogP contribution >= 0.6 is 0 Å². The highest BCUT2D eigenvalue weighted by Gasteiger charge is 2.56. The molecule has 0 bridgehead atoms. The highest BCUT2D eigenvalue weighted by atomic mass is 16.7. The summed E-state index contributed by atoms with van der Waals surface area (Å²) in [6.07, 6.45) is 1.96. The molecule has 0 unspecified atom stereocenters. The maximum atomic E-state index is 12.9. The first-order valence-electron chi connectivity index (χ1n) is 9.60. The summed E-state index contributed by atoms with van der Waals surface area (Å²) in [7, 11) is 0. The minimum absolute atomic E-state index is 0.215. The number of carbonyl (C=O) groups excluding carboxylic acids is 2. The minimum atomic E-state index is -0.969. The van der Waals surface area contributed by atoms with E-state index in [9.17, 15) is 9.59 Å². The van der Waals surface area contributed by atoms with E-state index in [1.807, 2.05) is 43.3 Å². The molecule has 0 radical (unpaired) electrons. The maximum absolute atomic E-state index is 12.9. The van der Waals surface area contributed by atoms with Gasteiger partial charge in [-0.15, -0.1) is 0 Å². The molecule has 0 aromatic heterocycles. The fourth-order valence-corrected chi connectivity index (χ4v) is 3.52. The molecular formula is C22H24N2O4. The van der Waals surface area contributed by atoms with E-state index < -0.39 is 5.41 Å². The van der Waals surface area contributed by atoms with Crippen molar-refractivity contribution in [2.45, 2.75) is 39.7 Å². The molecule has 2 N–H and O–H groups in total. The molecule has 4 rings (SSSR count). The van der Waals surface area contributed by atoms with Gasteiger partial charge in [0.1, 0.15) is 5.41 Å². The third kappa shape index (κ3) is 3.30. The van der Waals surface area contributed by atoms with Crippen LogP contribution in [0.2, 0.25) is 0 Å². The summed E-state index contributed by atoms with van der Waals surface area (Å²) in [5.74, 6) is 0.935. The van der Waals surface area contributed by atoms with Gasteiger partial charge in [-0.25, -0.2) is 0 Å². The Labute approximate surface area is 164 Å². The van der Waals surface area contributed by atoms with E-state index in [0.29, 0.717) is 30.9 Å². The molecule has 1 aliphatic carbocycles. The van der Waals surface area contributed by atoms with Crippen molar-refractivity contribution in [2.75, 3.05) is 12.1 Å². The first kappa shape index (κ1) is 18.3. The van der Waals surface area contributed by atoms with Crippen LogP contribution in [0.4, 0.5) is 5.69 Å². The van der Waals surface area contributed by atoms with Crippen molar-refractivity contribution >= 4 is 17.5 Å². The Morgan fingerprint density at radius 3 is 2.61 bits per heavy atom. The van der Waals surface area contributed by atoms with Crippen LogP contribution in [0.25, 0.3) is 0 Å². The number of benzene rings is 2. The summed E-state index contributed by atoms with van der Waals surface area (Å²) in [6.45, 7) is 4.58. The Bertz CT molecular complexity index is 934. The van der Waals surface area contributed by atoms with Crippen molar-refractivity contribution in [1.82, 2.24) is 5.32 Å². The summed E-state index contributed by atoms with van der Waals surface area (Å²) >= 11 is 0. The lowest BCUT2D eigenvalue weighted by atomic mass is 10.0. The van der Waals surface area contributed by atoms with Crippen LogP contribution in [0.15, 0.2) is 36.4 Å². The topological polar surface area (TPSA) is 76.7 Å². The van der Waals surface area contributed by atoms with Gasteiger partial charge in [0, 0.05) is 12.2 Å². The van der Waals surface area contributed by atoms with Crippen LogP contribution in [0.1, 0.15) is 36.5 Å². The maximum Gasteiger partial charge on any atom is 0.240 e. The molecule has 0 spiro atoms. The number of hydrogen-bond acceptors (Lipinski definition) is 4. The van der Waals surface area contributed by atoms with Gasteiger partial charge >= 0.3 is 0 Å². The highest BCUT2D eigenvalue weighted by Crippen LogP contribution is 2.47. The molecule has 2 aromatic rings. The van der Waals surface area contributed by atoms with E-state index in [0.717, 1.165) is 28.8 Å². The number of fused-ring (bicyclic) bond motifs is 1. The standard InChI is InChI=1S/C22H24N2O4/c1-3-16-6-4-5-14(2)19(16)24-21(26)22(9-10-22)20(25)23-12-15-7-8-17-18(11-15)28-13-27-17/h4-8,11H,3,9-10,12-13H2,1-2H3,(H,23,25)(H,24,26). The Morgan fingerprint density at radius 1 is 1.07 bits per heavy atom. The van der Waals surface area contributed by atoms with Gasteiger partial charge in [0.05, 0.1) is 0 Å². The fraction of sp³-hybridized carbons (Fsp3) is 0.364. The number of carbonyl (C=O) groups is 2. The third-order valence-corrected chi connectivity index (χ3v) is 5.49. The molecule has 6 nitrogen and oxygen atoms in total. The molecule has 6 heteroatoms. The monoisotopic (exact) mass is 380 g/mol. The largest absolute Gasteiger partial charge is 0.454 e.